The monoisotopic (exact) mass is 213 g/mol. The molecule has 1 amide bonds. The van der Waals surface area contributed by atoms with Crippen molar-refractivity contribution in [1.82, 2.24) is 4.90 Å². The molecule has 14 heavy (non-hydrogen) atoms. The van der Waals surface area contributed by atoms with Gasteiger partial charge in [-0.25, -0.2) is 4.79 Å². The Bertz CT molecular complexity index is 328. The van der Waals surface area contributed by atoms with Gasteiger partial charge in [0.25, 0.3) is 0 Å². The van der Waals surface area contributed by atoms with Crippen LogP contribution in [0.25, 0.3) is 0 Å². The lowest BCUT2D eigenvalue weighted by molar-refractivity contribution is -0.161. The molecule has 2 aliphatic heterocycles. The molecule has 0 spiro atoms. The summed E-state index contributed by atoms with van der Waals surface area (Å²) in [4.78, 5) is 25.1. The zero-order valence-electron chi connectivity index (χ0n) is 8.02. The number of esters is 1. The number of rotatable bonds is 1. The van der Waals surface area contributed by atoms with Crippen molar-refractivity contribution in [2.75, 3.05) is 7.11 Å². The standard InChI is InChI=1S/C9H11NO3S/c1-4-7(11)10-6(9(12)13-3)5(2)14-8(4)10/h4,6,8H,2H2,1,3H3. The van der Waals surface area contributed by atoms with Crippen molar-refractivity contribution >= 4 is 23.6 Å². The molecular weight excluding hydrogens is 202 g/mol. The molecule has 4 nitrogen and oxygen atoms in total. The number of carbonyl (C=O) groups excluding carboxylic acids is 2. The first-order valence-electron chi connectivity index (χ1n) is 4.33. The number of fused-ring (bicyclic) bond motifs is 1. The van der Waals surface area contributed by atoms with Crippen LogP contribution >= 0.6 is 11.8 Å². The van der Waals surface area contributed by atoms with Gasteiger partial charge in [-0.2, -0.15) is 0 Å². The van der Waals surface area contributed by atoms with Crippen LogP contribution in [0, 0.1) is 5.92 Å². The van der Waals surface area contributed by atoms with Crippen molar-refractivity contribution in [1.29, 1.82) is 0 Å². The molecule has 0 aromatic heterocycles. The van der Waals surface area contributed by atoms with E-state index in [4.69, 9.17) is 0 Å². The molecular formula is C9H11NO3S. The van der Waals surface area contributed by atoms with Gasteiger partial charge in [0.15, 0.2) is 6.04 Å². The molecule has 2 saturated heterocycles. The fourth-order valence-electron chi connectivity index (χ4n) is 1.81. The quantitative estimate of drug-likeness (QED) is 0.472. The van der Waals surface area contributed by atoms with Crippen LogP contribution in [0.5, 0.6) is 0 Å². The number of carbonyl (C=O) groups is 2. The third-order valence-corrected chi connectivity index (χ3v) is 4.03. The Kier molecular flexibility index (Phi) is 2.06. The highest BCUT2D eigenvalue weighted by Crippen LogP contribution is 2.48. The Hall–Kier alpha value is -0.970. The highest BCUT2D eigenvalue weighted by Gasteiger charge is 2.56. The minimum Gasteiger partial charge on any atom is -0.467 e. The lowest BCUT2D eigenvalue weighted by atomic mass is 9.98. The number of ether oxygens (including phenoxy) is 1. The van der Waals surface area contributed by atoms with Crippen molar-refractivity contribution in [2.45, 2.75) is 18.3 Å². The molecule has 2 aliphatic rings. The van der Waals surface area contributed by atoms with Crippen LogP contribution < -0.4 is 0 Å². The predicted molar refractivity (Wildman–Crippen MR) is 52.3 cm³/mol. The summed E-state index contributed by atoms with van der Waals surface area (Å²) in [5.74, 6) is -0.395. The lowest BCUT2D eigenvalue weighted by Crippen LogP contribution is -2.60. The van der Waals surface area contributed by atoms with Gasteiger partial charge in [0.2, 0.25) is 5.91 Å². The highest BCUT2D eigenvalue weighted by atomic mass is 32.2. The molecule has 0 bridgehead atoms. The van der Waals surface area contributed by atoms with Crippen molar-refractivity contribution in [2.24, 2.45) is 5.92 Å². The fourth-order valence-corrected chi connectivity index (χ4v) is 3.11. The van der Waals surface area contributed by atoms with Crippen LogP contribution in [0.2, 0.25) is 0 Å². The van der Waals surface area contributed by atoms with Gasteiger partial charge in [-0.05, 0) is 0 Å². The molecule has 5 heteroatoms. The fraction of sp³-hybridized carbons (Fsp3) is 0.556. The summed E-state index contributed by atoms with van der Waals surface area (Å²) in [5, 5.41) is 0.0825. The number of thioether (sulfide) groups is 1. The van der Waals surface area contributed by atoms with Crippen molar-refractivity contribution in [3.05, 3.63) is 11.5 Å². The molecule has 2 rings (SSSR count). The van der Waals surface area contributed by atoms with Gasteiger partial charge in [0, 0.05) is 4.91 Å². The van der Waals surface area contributed by atoms with Gasteiger partial charge in [-0.15, -0.1) is 11.8 Å². The minimum atomic E-state index is -0.571. The Morgan fingerprint density at radius 3 is 2.86 bits per heavy atom. The first-order chi connectivity index (χ1) is 6.57. The van der Waals surface area contributed by atoms with E-state index in [2.05, 4.69) is 11.3 Å². The second-order valence-electron chi connectivity index (χ2n) is 3.43. The van der Waals surface area contributed by atoms with Crippen molar-refractivity contribution < 1.29 is 14.3 Å². The van der Waals surface area contributed by atoms with Crippen LogP contribution in [0.1, 0.15) is 6.92 Å². The maximum atomic E-state index is 11.5. The summed E-state index contributed by atoms with van der Waals surface area (Å²) in [6, 6.07) is -0.571. The van der Waals surface area contributed by atoms with Gasteiger partial charge in [-0.3, -0.25) is 4.79 Å². The number of nitrogens with zero attached hydrogens (tertiary/aromatic N) is 1. The number of hydrogen-bond donors (Lipinski definition) is 0. The summed E-state index contributed by atoms with van der Waals surface area (Å²) in [5.41, 5.74) is 0. The largest absolute Gasteiger partial charge is 0.467 e. The van der Waals surface area contributed by atoms with Gasteiger partial charge in [0.1, 0.15) is 0 Å². The molecule has 0 N–H and O–H groups in total. The first kappa shape index (κ1) is 9.58. The number of hydrogen-bond acceptors (Lipinski definition) is 4. The Balaban J connectivity index is 2.23. The molecule has 0 aromatic rings. The number of amides is 1. The molecule has 2 fully saturated rings. The normalized spacial score (nSPS) is 35.3. The Labute approximate surface area is 86.3 Å². The van der Waals surface area contributed by atoms with E-state index >= 15 is 0 Å². The summed E-state index contributed by atoms with van der Waals surface area (Å²) in [6.07, 6.45) is 0. The molecule has 3 unspecified atom stereocenters. The van der Waals surface area contributed by atoms with E-state index in [0.717, 1.165) is 0 Å². The Morgan fingerprint density at radius 2 is 2.29 bits per heavy atom. The molecule has 0 radical (unpaired) electrons. The van der Waals surface area contributed by atoms with E-state index in [1.165, 1.54) is 18.9 Å². The van der Waals surface area contributed by atoms with E-state index < -0.39 is 12.0 Å². The summed E-state index contributed by atoms with van der Waals surface area (Å²) < 4.78 is 4.63. The van der Waals surface area contributed by atoms with Crippen LogP contribution in [0.15, 0.2) is 11.5 Å². The smallest absolute Gasteiger partial charge is 0.333 e. The SMILES string of the molecule is C=C1SC2C(C)C(=O)N2C1C(=O)OC. The molecule has 0 aromatic carbocycles. The zero-order valence-corrected chi connectivity index (χ0v) is 8.84. The average Bonchev–Trinajstić information content (AvgIpc) is 2.51. The van der Waals surface area contributed by atoms with Gasteiger partial charge in [-0.1, -0.05) is 13.5 Å². The second kappa shape index (κ2) is 3.02. The minimum absolute atomic E-state index is 0.00796. The summed E-state index contributed by atoms with van der Waals surface area (Å²) in [6.45, 7) is 5.65. The molecule has 3 atom stereocenters. The van der Waals surface area contributed by atoms with E-state index in [1.54, 1.807) is 4.90 Å². The zero-order chi connectivity index (χ0) is 10.5. The molecule has 76 valence electrons. The van der Waals surface area contributed by atoms with Gasteiger partial charge < -0.3 is 9.64 Å². The average molecular weight is 213 g/mol. The van der Waals surface area contributed by atoms with Crippen LogP contribution in [0.4, 0.5) is 0 Å². The first-order valence-corrected chi connectivity index (χ1v) is 5.21. The molecule has 2 heterocycles. The van der Waals surface area contributed by atoms with Gasteiger partial charge >= 0.3 is 5.97 Å². The van der Waals surface area contributed by atoms with Gasteiger partial charge in [0.05, 0.1) is 18.4 Å². The van der Waals surface area contributed by atoms with Crippen LogP contribution in [-0.2, 0) is 14.3 Å². The van der Waals surface area contributed by atoms with Crippen molar-refractivity contribution in [3.8, 4) is 0 Å². The number of methoxy groups -OCH3 is 1. The highest BCUT2D eigenvalue weighted by molar-refractivity contribution is 8.04. The molecule has 0 saturated carbocycles. The van der Waals surface area contributed by atoms with Crippen molar-refractivity contribution in [3.63, 3.8) is 0 Å². The topological polar surface area (TPSA) is 46.6 Å². The van der Waals surface area contributed by atoms with E-state index in [0.29, 0.717) is 4.91 Å². The third kappa shape index (κ3) is 1.02. The second-order valence-corrected chi connectivity index (χ2v) is 4.68. The van der Waals surface area contributed by atoms with E-state index in [9.17, 15) is 9.59 Å². The third-order valence-electron chi connectivity index (χ3n) is 2.63. The Morgan fingerprint density at radius 1 is 1.64 bits per heavy atom. The number of β-lactam (4-membered cyclic amide) rings is 1. The van der Waals surface area contributed by atoms with E-state index in [-0.39, 0.29) is 17.2 Å². The van der Waals surface area contributed by atoms with Crippen LogP contribution in [-0.4, -0.2) is 35.3 Å². The van der Waals surface area contributed by atoms with E-state index in [1.807, 2.05) is 6.92 Å². The summed E-state index contributed by atoms with van der Waals surface area (Å²) in [7, 11) is 1.32. The maximum Gasteiger partial charge on any atom is 0.333 e. The predicted octanol–water partition coefficient (Wildman–Crippen LogP) is 0.593. The summed E-state index contributed by atoms with van der Waals surface area (Å²) >= 11 is 1.49. The van der Waals surface area contributed by atoms with Crippen LogP contribution in [0.3, 0.4) is 0 Å². The maximum absolute atomic E-state index is 11.5. The molecule has 0 aliphatic carbocycles. The lowest BCUT2D eigenvalue weighted by Gasteiger charge is -2.41.